The van der Waals surface area contributed by atoms with Gasteiger partial charge < -0.3 is 15.4 Å². The van der Waals surface area contributed by atoms with E-state index >= 15 is 0 Å². The van der Waals surface area contributed by atoms with Crippen LogP contribution in [0.4, 0.5) is 0 Å². The minimum absolute atomic E-state index is 0.132. The summed E-state index contributed by atoms with van der Waals surface area (Å²) in [5.74, 6) is 1.77. The molecule has 1 heterocycles. The number of hydrogen-bond donors (Lipinski definition) is 2. The van der Waals surface area contributed by atoms with Crippen LogP contribution in [0.5, 0.6) is 0 Å². The van der Waals surface area contributed by atoms with Crippen molar-refractivity contribution in [2.24, 2.45) is 11.8 Å². The summed E-state index contributed by atoms with van der Waals surface area (Å²) in [6.07, 6.45) is 5.88. The molecule has 1 saturated carbocycles. The van der Waals surface area contributed by atoms with Crippen LogP contribution < -0.4 is 10.6 Å². The summed E-state index contributed by atoms with van der Waals surface area (Å²) in [6.45, 7) is 5.32. The number of hydrogen-bond acceptors (Lipinski definition) is 3. The highest BCUT2D eigenvalue weighted by molar-refractivity contribution is 5.78. The Morgan fingerprint density at radius 1 is 1.22 bits per heavy atom. The Hall–Kier alpha value is -0.610. The third-order valence-corrected chi connectivity index (χ3v) is 4.11. The van der Waals surface area contributed by atoms with Gasteiger partial charge in [0.1, 0.15) is 0 Å². The molecule has 1 amide bonds. The maximum atomic E-state index is 11.7. The van der Waals surface area contributed by atoms with E-state index in [9.17, 15) is 4.79 Å². The number of carbonyl (C=O) groups excluding carboxylic acids is 1. The fourth-order valence-corrected chi connectivity index (χ4v) is 3.02. The average Bonchev–Trinajstić information content (AvgIpc) is 2.76. The topological polar surface area (TPSA) is 50.4 Å². The zero-order chi connectivity index (χ0) is 12.8. The van der Waals surface area contributed by atoms with Gasteiger partial charge in [-0.1, -0.05) is 13.3 Å². The largest absolute Gasteiger partial charge is 0.381 e. The molecule has 0 spiro atoms. The van der Waals surface area contributed by atoms with Crippen molar-refractivity contribution in [3.63, 3.8) is 0 Å². The van der Waals surface area contributed by atoms with Gasteiger partial charge in [-0.2, -0.15) is 0 Å². The highest BCUT2D eigenvalue weighted by Gasteiger charge is 2.21. The van der Waals surface area contributed by atoms with Crippen molar-refractivity contribution < 1.29 is 9.53 Å². The molecule has 2 fully saturated rings. The lowest BCUT2D eigenvalue weighted by molar-refractivity contribution is -0.121. The summed E-state index contributed by atoms with van der Waals surface area (Å²) in [4.78, 5) is 11.7. The van der Waals surface area contributed by atoms with Gasteiger partial charge in [-0.15, -0.1) is 0 Å². The van der Waals surface area contributed by atoms with Crippen molar-refractivity contribution >= 4 is 5.91 Å². The van der Waals surface area contributed by atoms with E-state index in [0.29, 0.717) is 12.6 Å². The molecular weight excluding hydrogens is 228 g/mol. The van der Waals surface area contributed by atoms with Gasteiger partial charge in [0.15, 0.2) is 0 Å². The molecule has 0 radical (unpaired) electrons. The van der Waals surface area contributed by atoms with Gasteiger partial charge in [0.2, 0.25) is 5.91 Å². The summed E-state index contributed by atoms with van der Waals surface area (Å²) in [5, 5.41) is 6.37. The fraction of sp³-hybridized carbons (Fsp3) is 0.929. The molecule has 1 aliphatic heterocycles. The second-order valence-electron chi connectivity index (χ2n) is 5.87. The van der Waals surface area contributed by atoms with Crippen molar-refractivity contribution in [3.05, 3.63) is 0 Å². The minimum Gasteiger partial charge on any atom is -0.381 e. The Balaban J connectivity index is 1.54. The first kappa shape index (κ1) is 13.8. The quantitative estimate of drug-likeness (QED) is 0.777. The summed E-state index contributed by atoms with van der Waals surface area (Å²) < 4.78 is 5.27. The molecule has 0 aromatic heterocycles. The van der Waals surface area contributed by atoms with E-state index in [4.69, 9.17) is 4.74 Å². The summed E-state index contributed by atoms with van der Waals surface area (Å²) in [6, 6.07) is 0.319. The first-order valence-electron chi connectivity index (χ1n) is 7.32. The average molecular weight is 254 g/mol. The molecule has 1 aliphatic carbocycles. The van der Waals surface area contributed by atoms with Gasteiger partial charge in [0, 0.05) is 19.3 Å². The van der Waals surface area contributed by atoms with Crippen LogP contribution in [0.1, 0.15) is 39.0 Å². The van der Waals surface area contributed by atoms with Crippen molar-refractivity contribution in [3.8, 4) is 0 Å². The Morgan fingerprint density at radius 2 is 2.00 bits per heavy atom. The third-order valence-electron chi connectivity index (χ3n) is 4.11. The van der Waals surface area contributed by atoms with Crippen LogP contribution in [0.3, 0.4) is 0 Å². The van der Waals surface area contributed by atoms with Crippen LogP contribution in [-0.2, 0) is 9.53 Å². The molecule has 0 aromatic rings. The summed E-state index contributed by atoms with van der Waals surface area (Å²) in [7, 11) is 0. The zero-order valence-electron chi connectivity index (χ0n) is 11.4. The fourth-order valence-electron chi connectivity index (χ4n) is 3.02. The Bertz CT molecular complexity index is 265. The number of amides is 1. The van der Waals surface area contributed by atoms with Gasteiger partial charge in [-0.25, -0.2) is 0 Å². The molecule has 2 N–H and O–H groups in total. The molecular formula is C14H26N2O2. The number of nitrogens with one attached hydrogen (secondary N) is 2. The summed E-state index contributed by atoms with van der Waals surface area (Å²) in [5.41, 5.74) is 0. The second kappa shape index (κ2) is 7.10. The molecule has 2 rings (SSSR count). The predicted molar refractivity (Wildman–Crippen MR) is 71.4 cm³/mol. The molecule has 0 bridgehead atoms. The van der Waals surface area contributed by atoms with E-state index in [0.717, 1.165) is 44.4 Å². The molecule has 1 saturated heterocycles. The van der Waals surface area contributed by atoms with Crippen molar-refractivity contribution in [2.45, 2.75) is 45.1 Å². The first-order valence-corrected chi connectivity index (χ1v) is 7.32. The third kappa shape index (κ3) is 4.58. The smallest absolute Gasteiger partial charge is 0.234 e. The van der Waals surface area contributed by atoms with Gasteiger partial charge in [0.05, 0.1) is 6.54 Å². The second-order valence-corrected chi connectivity index (χ2v) is 5.87. The highest BCUT2D eigenvalue weighted by Crippen LogP contribution is 2.29. The Kier molecular flexibility index (Phi) is 5.45. The van der Waals surface area contributed by atoms with Crippen molar-refractivity contribution in [1.82, 2.24) is 10.6 Å². The van der Waals surface area contributed by atoms with E-state index < -0.39 is 0 Å². The maximum Gasteiger partial charge on any atom is 0.234 e. The van der Waals surface area contributed by atoms with E-state index in [1.165, 1.54) is 19.3 Å². The SMILES string of the molecule is CC1CCC(CNCC(=O)NC2CCOCC2)C1. The number of ether oxygens (including phenoxy) is 1. The molecule has 4 nitrogen and oxygen atoms in total. The molecule has 2 atom stereocenters. The van der Waals surface area contributed by atoms with Gasteiger partial charge in [0.25, 0.3) is 0 Å². The predicted octanol–water partition coefficient (Wildman–Crippen LogP) is 1.31. The minimum atomic E-state index is 0.132. The Morgan fingerprint density at radius 3 is 2.67 bits per heavy atom. The van der Waals surface area contributed by atoms with E-state index in [-0.39, 0.29) is 5.91 Å². The van der Waals surface area contributed by atoms with Crippen LogP contribution >= 0.6 is 0 Å². The lowest BCUT2D eigenvalue weighted by Crippen LogP contribution is -2.43. The van der Waals surface area contributed by atoms with Crippen molar-refractivity contribution in [2.75, 3.05) is 26.3 Å². The summed E-state index contributed by atoms with van der Waals surface area (Å²) >= 11 is 0. The van der Waals surface area contributed by atoms with E-state index in [1.807, 2.05) is 0 Å². The van der Waals surface area contributed by atoms with Crippen LogP contribution in [0.2, 0.25) is 0 Å². The van der Waals surface area contributed by atoms with Crippen LogP contribution in [0.15, 0.2) is 0 Å². The molecule has 104 valence electrons. The molecule has 18 heavy (non-hydrogen) atoms. The van der Waals surface area contributed by atoms with Gasteiger partial charge in [-0.3, -0.25) is 4.79 Å². The first-order chi connectivity index (χ1) is 8.74. The van der Waals surface area contributed by atoms with Gasteiger partial charge in [-0.05, 0) is 44.1 Å². The van der Waals surface area contributed by atoms with E-state index in [1.54, 1.807) is 0 Å². The van der Waals surface area contributed by atoms with Crippen LogP contribution in [0.25, 0.3) is 0 Å². The maximum absolute atomic E-state index is 11.7. The van der Waals surface area contributed by atoms with Crippen LogP contribution in [-0.4, -0.2) is 38.3 Å². The van der Waals surface area contributed by atoms with E-state index in [2.05, 4.69) is 17.6 Å². The van der Waals surface area contributed by atoms with Crippen molar-refractivity contribution in [1.29, 1.82) is 0 Å². The lowest BCUT2D eigenvalue weighted by Gasteiger charge is -2.23. The highest BCUT2D eigenvalue weighted by atomic mass is 16.5. The number of rotatable bonds is 5. The van der Waals surface area contributed by atoms with Gasteiger partial charge >= 0.3 is 0 Å². The monoisotopic (exact) mass is 254 g/mol. The standard InChI is InChI=1S/C14H26N2O2/c1-11-2-3-12(8-11)9-15-10-14(17)16-13-4-6-18-7-5-13/h11-13,15H,2-10H2,1H3,(H,16,17). The zero-order valence-corrected chi connectivity index (χ0v) is 11.4. The normalized spacial score (nSPS) is 29.4. The molecule has 4 heteroatoms. The number of carbonyl (C=O) groups is 1. The Labute approximate surface area is 110 Å². The molecule has 2 unspecified atom stereocenters. The molecule has 2 aliphatic rings. The molecule has 0 aromatic carbocycles. The lowest BCUT2D eigenvalue weighted by atomic mass is 10.1. The van der Waals surface area contributed by atoms with Crippen LogP contribution in [0, 0.1) is 11.8 Å².